The van der Waals surface area contributed by atoms with E-state index in [9.17, 15) is 13.2 Å². The van der Waals surface area contributed by atoms with Crippen molar-refractivity contribution in [1.82, 2.24) is 4.98 Å². The number of ether oxygens (including phenoxy) is 1. The van der Waals surface area contributed by atoms with E-state index in [0.717, 1.165) is 11.3 Å². The van der Waals surface area contributed by atoms with Crippen LogP contribution in [-0.4, -0.2) is 31.1 Å². The van der Waals surface area contributed by atoms with Gasteiger partial charge in [-0.15, -0.1) is 11.3 Å². The Morgan fingerprint density at radius 1 is 1.43 bits per heavy atom. The van der Waals surface area contributed by atoms with Gasteiger partial charge in [0, 0.05) is 6.07 Å². The van der Waals surface area contributed by atoms with Crippen molar-refractivity contribution in [3.8, 4) is 5.88 Å². The molecule has 0 atom stereocenters. The van der Waals surface area contributed by atoms with Crippen LogP contribution in [0.3, 0.4) is 0 Å². The number of nitrogens with one attached hydrogen (secondary N) is 1. The number of nitrogens with zero attached hydrogens (tertiary/aromatic N) is 1. The van der Waals surface area contributed by atoms with Gasteiger partial charge in [0.05, 0.1) is 18.5 Å². The van der Waals surface area contributed by atoms with Gasteiger partial charge in [-0.1, -0.05) is 0 Å². The van der Waals surface area contributed by atoms with Crippen LogP contribution in [0.5, 0.6) is 5.88 Å². The molecule has 9 heteroatoms. The molecule has 0 spiro atoms. The fraction of sp³-hybridized carbons (Fsp3) is 0.167. The second kappa shape index (κ2) is 6.10. The summed E-state index contributed by atoms with van der Waals surface area (Å²) < 4.78 is 31.8. The van der Waals surface area contributed by atoms with Crippen molar-refractivity contribution >= 4 is 33.0 Å². The number of thiophene rings is 1. The number of pyridine rings is 1. The monoisotopic (exact) mass is 328 g/mol. The number of aromatic carboxylic acids is 1. The molecule has 21 heavy (non-hydrogen) atoms. The van der Waals surface area contributed by atoms with E-state index in [1.165, 1.54) is 29.8 Å². The number of sulfonamides is 1. The van der Waals surface area contributed by atoms with Crippen molar-refractivity contribution in [2.75, 3.05) is 11.3 Å². The van der Waals surface area contributed by atoms with Gasteiger partial charge in [-0.05, 0) is 24.4 Å². The Kier molecular flexibility index (Phi) is 4.43. The number of carboxylic acids is 1. The maximum absolute atomic E-state index is 12.2. The second-order valence-corrected chi connectivity index (χ2v) is 6.41. The normalized spacial score (nSPS) is 11.1. The van der Waals surface area contributed by atoms with Crippen LogP contribution in [0.1, 0.15) is 16.6 Å². The van der Waals surface area contributed by atoms with Gasteiger partial charge < -0.3 is 9.84 Å². The molecule has 2 heterocycles. The van der Waals surface area contributed by atoms with Gasteiger partial charge in [0.1, 0.15) is 9.77 Å². The van der Waals surface area contributed by atoms with Crippen LogP contribution in [0.15, 0.2) is 34.7 Å². The van der Waals surface area contributed by atoms with Crippen molar-refractivity contribution < 1.29 is 23.1 Å². The average Bonchev–Trinajstić information content (AvgIpc) is 2.91. The first-order valence-electron chi connectivity index (χ1n) is 5.86. The summed E-state index contributed by atoms with van der Waals surface area (Å²) in [5.41, 5.74) is 0.223. The van der Waals surface area contributed by atoms with E-state index < -0.39 is 16.0 Å². The van der Waals surface area contributed by atoms with Gasteiger partial charge in [-0.25, -0.2) is 18.2 Å². The first-order valence-corrected chi connectivity index (χ1v) is 8.23. The zero-order chi connectivity index (χ0) is 15.5. The van der Waals surface area contributed by atoms with E-state index in [2.05, 4.69) is 9.71 Å². The lowest BCUT2D eigenvalue weighted by Gasteiger charge is -2.08. The predicted octanol–water partition coefficient (Wildman–Crippen LogP) is 2.04. The first-order chi connectivity index (χ1) is 9.94. The minimum Gasteiger partial charge on any atom is -0.478 e. The lowest BCUT2D eigenvalue weighted by atomic mass is 10.4. The largest absolute Gasteiger partial charge is 0.478 e. The number of hydrogen-bond acceptors (Lipinski definition) is 6. The summed E-state index contributed by atoms with van der Waals surface area (Å²) in [5, 5.41) is 10.4. The highest BCUT2D eigenvalue weighted by Crippen LogP contribution is 2.24. The molecule has 2 rings (SSSR count). The van der Waals surface area contributed by atoms with Crippen LogP contribution in [0.2, 0.25) is 0 Å². The van der Waals surface area contributed by atoms with Crippen molar-refractivity contribution in [3.63, 3.8) is 0 Å². The van der Waals surface area contributed by atoms with E-state index in [0.29, 0.717) is 12.5 Å². The van der Waals surface area contributed by atoms with E-state index in [4.69, 9.17) is 9.84 Å². The lowest BCUT2D eigenvalue weighted by molar-refractivity contribution is 0.0698. The SMILES string of the molecule is CCOc1ccc(NS(=O)(=O)c2ccsc2C(=O)O)cn1. The molecule has 0 saturated carbocycles. The minimum atomic E-state index is -3.97. The molecule has 0 aliphatic rings. The van der Waals surface area contributed by atoms with Gasteiger partial charge in [-0.3, -0.25) is 4.72 Å². The molecule has 112 valence electrons. The average molecular weight is 328 g/mol. The van der Waals surface area contributed by atoms with Crippen LogP contribution in [0, 0.1) is 0 Å². The van der Waals surface area contributed by atoms with Crippen molar-refractivity contribution in [2.24, 2.45) is 0 Å². The molecule has 0 bridgehead atoms. The summed E-state index contributed by atoms with van der Waals surface area (Å²) in [6.07, 6.45) is 1.30. The third-order valence-corrected chi connectivity index (χ3v) is 4.85. The van der Waals surface area contributed by atoms with Crippen LogP contribution >= 0.6 is 11.3 Å². The van der Waals surface area contributed by atoms with E-state index in [-0.39, 0.29) is 15.5 Å². The molecular weight excluding hydrogens is 316 g/mol. The maximum Gasteiger partial charge on any atom is 0.347 e. The molecule has 0 saturated heterocycles. The summed E-state index contributed by atoms with van der Waals surface area (Å²) in [5.74, 6) is -0.905. The van der Waals surface area contributed by atoms with Gasteiger partial charge in [0.25, 0.3) is 10.0 Å². The molecule has 0 fully saturated rings. The zero-order valence-corrected chi connectivity index (χ0v) is 12.6. The summed E-state index contributed by atoms with van der Waals surface area (Å²) in [7, 11) is -3.97. The Morgan fingerprint density at radius 3 is 2.76 bits per heavy atom. The highest BCUT2D eigenvalue weighted by molar-refractivity contribution is 7.93. The molecule has 0 aliphatic carbocycles. The van der Waals surface area contributed by atoms with Crippen LogP contribution in [0.25, 0.3) is 0 Å². The number of aromatic nitrogens is 1. The highest BCUT2D eigenvalue weighted by atomic mass is 32.2. The van der Waals surface area contributed by atoms with Crippen molar-refractivity contribution in [1.29, 1.82) is 0 Å². The smallest absolute Gasteiger partial charge is 0.347 e. The van der Waals surface area contributed by atoms with Crippen LogP contribution < -0.4 is 9.46 Å². The minimum absolute atomic E-state index is 0.223. The maximum atomic E-state index is 12.2. The Labute approximate surface area is 125 Å². The number of carbonyl (C=O) groups is 1. The molecule has 0 unspecified atom stereocenters. The molecular formula is C12H12N2O5S2. The Hall–Kier alpha value is -2.13. The first kappa shape index (κ1) is 15.3. The van der Waals surface area contributed by atoms with Gasteiger partial charge in [0.15, 0.2) is 0 Å². The van der Waals surface area contributed by atoms with Crippen molar-refractivity contribution in [3.05, 3.63) is 34.7 Å². The molecule has 2 aromatic rings. The fourth-order valence-electron chi connectivity index (χ4n) is 1.55. The molecule has 0 aliphatic heterocycles. The molecule has 2 N–H and O–H groups in total. The summed E-state index contributed by atoms with van der Waals surface area (Å²) in [4.78, 5) is 14.4. The number of hydrogen-bond donors (Lipinski definition) is 2. The fourth-order valence-corrected chi connectivity index (χ4v) is 3.85. The highest BCUT2D eigenvalue weighted by Gasteiger charge is 2.23. The third-order valence-electron chi connectivity index (χ3n) is 2.39. The lowest BCUT2D eigenvalue weighted by Crippen LogP contribution is -2.15. The second-order valence-electron chi connectivity index (χ2n) is 3.84. The Bertz CT molecular complexity index is 737. The van der Waals surface area contributed by atoms with Crippen molar-refractivity contribution in [2.45, 2.75) is 11.8 Å². The number of anilines is 1. The molecule has 0 aromatic carbocycles. The predicted molar refractivity (Wildman–Crippen MR) is 77.5 cm³/mol. The Morgan fingerprint density at radius 2 is 2.19 bits per heavy atom. The summed E-state index contributed by atoms with van der Waals surface area (Å²) >= 11 is 0.850. The molecule has 2 aromatic heterocycles. The van der Waals surface area contributed by atoms with E-state index >= 15 is 0 Å². The van der Waals surface area contributed by atoms with Crippen LogP contribution in [-0.2, 0) is 10.0 Å². The van der Waals surface area contributed by atoms with Gasteiger partial charge >= 0.3 is 5.97 Å². The van der Waals surface area contributed by atoms with E-state index in [1.54, 1.807) is 0 Å². The number of carboxylic acid groups (broad SMARTS) is 1. The Balaban J connectivity index is 2.25. The zero-order valence-electron chi connectivity index (χ0n) is 10.9. The third kappa shape index (κ3) is 3.50. The standard InChI is InChI=1S/C12H12N2O5S2/c1-2-19-10-4-3-8(7-13-10)14-21(17,18)9-5-6-20-11(9)12(15)16/h3-7,14H,2H2,1H3,(H,15,16). The van der Waals surface area contributed by atoms with Crippen LogP contribution in [0.4, 0.5) is 5.69 Å². The molecule has 0 amide bonds. The quantitative estimate of drug-likeness (QED) is 0.840. The summed E-state index contributed by atoms with van der Waals surface area (Å²) in [6.45, 7) is 2.26. The summed E-state index contributed by atoms with van der Waals surface area (Å²) in [6, 6.07) is 4.26. The van der Waals surface area contributed by atoms with Gasteiger partial charge in [-0.2, -0.15) is 0 Å². The van der Waals surface area contributed by atoms with Gasteiger partial charge in [0.2, 0.25) is 5.88 Å². The molecule has 7 nitrogen and oxygen atoms in total. The van der Waals surface area contributed by atoms with E-state index in [1.807, 2.05) is 6.92 Å². The topological polar surface area (TPSA) is 106 Å². The molecule has 0 radical (unpaired) electrons. The number of rotatable bonds is 6.